The van der Waals surface area contributed by atoms with Gasteiger partial charge in [-0.3, -0.25) is 9.69 Å². The molecular formula is C22H23NO2S. The fourth-order valence-electron chi connectivity index (χ4n) is 4.04. The van der Waals surface area contributed by atoms with E-state index in [1.54, 1.807) is 11.3 Å². The molecule has 0 radical (unpaired) electrons. The number of carboxylic acids is 1. The number of carboxylic acid groups (broad SMARTS) is 1. The Balaban J connectivity index is 1.86. The molecule has 0 aliphatic carbocycles. The second kappa shape index (κ2) is 7.22. The smallest absolute Gasteiger partial charge is 0.320 e. The number of nitrogens with zero attached hydrogens (tertiary/aromatic N) is 1. The van der Waals surface area contributed by atoms with Crippen LogP contribution in [0, 0.1) is 6.92 Å². The number of carbonyl (C=O) groups is 1. The van der Waals surface area contributed by atoms with Gasteiger partial charge in [-0.15, -0.1) is 11.3 Å². The molecule has 1 aliphatic heterocycles. The number of hydrogen-bond acceptors (Lipinski definition) is 3. The predicted octanol–water partition coefficient (Wildman–Crippen LogP) is 5.24. The van der Waals surface area contributed by atoms with Crippen LogP contribution in [0.25, 0.3) is 10.1 Å². The van der Waals surface area contributed by atoms with Crippen molar-refractivity contribution in [3.05, 3.63) is 70.6 Å². The van der Waals surface area contributed by atoms with Crippen molar-refractivity contribution in [2.24, 2.45) is 0 Å². The van der Waals surface area contributed by atoms with E-state index in [0.717, 1.165) is 25.8 Å². The SMILES string of the molecule is Cc1ccc(C(c2csc3ccccc23)N2CCCCC2C(=O)O)cc1. The topological polar surface area (TPSA) is 40.5 Å². The molecule has 134 valence electrons. The average Bonchev–Trinajstić information content (AvgIpc) is 3.08. The molecule has 3 nitrogen and oxygen atoms in total. The molecule has 26 heavy (non-hydrogen) atoms. The Hall–Kier alpha value is -2.17. The van der Waals surface area contributed by atoms with Crippen LogP contribution >= 0.6 is 11.3 Å². The molecule has 1 fully saturated rings. The zero-order valence-electron chi connectivity index (χ0n) is 14.9. The first-order valence-corrected chi connectivity index (χ1v) is 10.0. The van der Waals surface area contributed by atoms with Gasteiger partial charge in [0.25, 0.3) is 0 Å². The van der Waals surface area contributed by atoms with E-state index in [0.29, 0.717) is 0 Å². The molecule has 4 heteroatoms. The Morgan fingerprint density at radius 1 is 1.15 bits per heavy atom. The number of aryl methyl sites for hydroxylation is 1. The third-order valence-corrected chi connectivity index (χ3v) is 6.34. The first-order valence-electron chi connectivity index (χ1n) is 9.16. The number of piperidine rings is 1. The summed E-state index contributed by atoms with van der Waals surface area (Å²) in [5.74, 6) is -0.707. The van der Waals surface area contributed by atoms with Gasteiger partial charge in [0, 0.05) is 4.70 Å². The number of hydrogen-bond donors (Lipinski definition) is 1. The third-order valence-electron chi connectivity index (χ3n) is 5.36. The Morgan fingerprint density at radius 3 is 2.69 bits per heavy atom. The van der Waals surface area contributed by atoms with Crippen LogP contribution in [-0.2, 0) is 4.79 Å². The number of benzene rings is 2. The highest BCUT2D eigenvalue weighted by molar-refractivity contribution is 7.17. The summed E-state index contributed by atoms with van der Waals surface area (Å²) in [4.78, 5) is 14.1. The van der Waals surface area contributed by atoms with Gasteiger partial charge in [0.15, 0.2) is 0 Å². The van der Waals surface area contributed by atoms with Crippen LogP contribution in [0.15, 0.2) is 53.9 Å². The van der Waals surface area contributed by atoms with Crippen molar-refractivity contribution in [3.63, 3.8) is 0 Å². The summed E-state index contributed by atoms with van der Waals surface area (Å²) in [6, 6.07) is 16.5. The largest absolute Gasteiger partial charge is 0.480 e. The Labute approximate surface area is 157 Å². The maximum Gasteiger partial charge on any atom is 0.320 e. The van der Waals surface area contributed by atoms with Gasteiger partial charge in [-0.2, -0.15) is 0 Å². The molecule has 2 aromatic carbocycles. The molecule has 1 N–H and O–H groups in total. The summed E-state index contributed by atoms with van der Waals surface area (Å²) in [6.45, 7) is 2.90. The highest BCUT2D eigenvalue weighted by Gasteiger charge is 2.35. The van der Waals surface area contributed by atoms with Crippen molar-refractivity contribution in [3.8, 4) is 0 Å². The molecule has 4 rings (SSSR count). The molecule has 1 aliphatic rings. The third kappa shape index (κ3) is 3.15. The van der Waals surface area contributed by atoms with E-state index in [2.05, 4.69) is 65.7 Å². The number of thiophene rings is 1. The Kier molecular flexibility index (Phi) is 4.79. The first kappa shape index (κ1) is 17.3. The van der Waals surface area contributed by atoms with E-state index in [1.807, 2.05) is 0 Å². The van der Waals surface area contributed by atoms with Crippen molar-refractivity contribution < 1.29 is 9.90 Å². The van der Waals surface area contributed by atoms with Gasteiger partial charge in [-0.05, 0) is 54.3 Å². The molecule has 1 aromatic heterocycles. The van der Waals surface area contributed by atoms with Crippen molar-refractivity contribution in [2.45, 2.75) is 38.3 Å². The van der Waals surface area contributed by atoms with E-state index >= 15 is 0 Å². The number of aliphatic carboxylic acids is 1. The van der Waals surface area contributed by atoms with Crippen LogP contribution in [0.2, 0.25) is 0 Å². The number of fused-ring (bicyclic) bond motifs is 1. The van der Waals surface area contributed by atoms with E-state index < -0.39 is 12.0 Å². The summed E-state index contributed by atoms with van der Waals surface area (Å²) < 4.78 is 1.25. The van der Waals surface area contributed by atoms with Crippen molar-refractivity contribution in [1.82, 2.24) is 4.90 Å². The lowest BCUT2D eigenvalue weighted by Gasteiger charge is -2.39. The van der Waals surface area contributed by atoms with E-state index in [1.165, 1.54) is 26.8 Å². The van der Waals surface area contributed by atoms with Crippen LogP contribution in [0.5, 0.6) is 0 Å². The fraction of sp³-hybridized carbons (Fsp3) is 0.318. The van der Waals surface area contributed by atoms with Gasteiger partial charge in [-0.25, -0.2) is 0 Å². The molecule has 1 saturated heterocycles. The zero-order chi connectivity index (χ0) is 18.1. The van der Waals surface area contributed by atoms with Gasteiger partial charge in [-0.1, -0.05) is 54.4 Å². The maximum absolute atomic E-state index is 11.9. The van der Waals surface area contributed by atoms with Crippen molar-refractivity contribution >= 4 is 27.4 Å². The van der Waals surface area contributed by atoms with Gasteiger partial charge in [0.05, 0.1) is 6.04 Å². The lowest BCUT2D eigenvalue weighted by atomic mass is 9.91. The molecule has 0 saturated carbocycles. The lowest BCUT2D eigenvalue weighted by Crippen LogP contribution is -2.46. The minimum atomic E-state index is -0.707. The molecular weight excluding hydrogens is 342 g/mol. The normalized spacial score (nSPS) is 19.5. The van der Waals surface area contributed by atoms with E-state index in [9.17, 15) is 9.90 Å². The van der Waals surface area contributed by atoms with Crippen LogP contribution in [-0.4, -0.2) is 28.6 Å². The molecule has 0 bridgehead atoms. The first-order chi connectivity index (χ1) is 12.6. The van der Waals surface area contributed by atoms with Gasteiger partial charge in [0.1, 0.15) is 6.04 Å². The van der Waals surface area contributed by atoms with Gasteiger partial charge < -0.3 is 5.11 Å². The Morgan fingerprint density at radius 2 is 1.92 bits per heavy atom. The lowest BCUT2D eigenvalue weighted by molar-refractivity contribution is -0.145. The summed E-state index contributed by atoms with van der Waals surface area (Å²) >= 11 is 1.74. The number of likely N-dealkylation sites (tertiary alicyclic amines) is 1. The minimum Gasteiger partial charge on any atom is -0.480 e. The number of rotatable bonds is 4. The quantitative estimate of drug-likeness (QED) is 0.687. The summed E-state index contributed by atoms with van der Waals surface area (Å²) in [7, 11) is 0. The molecule has 3 aromatic rings. The zero-order valence-corrected chi connectivity index (χ0v) is 15.7. The second-order valence-electron chi connectivity index (χ2n) is 7.09. The van der Waals surface area contributed by atoms with Gasteiger partial charge in [0.2, 0.25) is 0 Å². The van der Waals surface area contributed by atoms with E-state index in [-0.39, 0.29) is 6.04 Å². The van der Waals surface area contributed by atoms with E-state index in [4.69, 9.17) is 0 Å². The predicted molar refractivity (Wildman–Crippen MR) is 107 cm³/mol. The highest BCUT2D eigenvalue weighted by Crippen LogP contribution is 2.40. The summed E-state index contributed by atoms with van der Waals surface area (Å²) in [5.41, 5.74) is 3.62. The van der Waals surface area contributed by atoms with Gasteiger partial charge >= 0.3 is 5.97 Å². The van der Waals surface area contributed by atoms with Crippen LogP contribution < -0.4 is 0 Å². The Bertz CT molecular complexity index is 915. The summed E-state index contributed by atoms with van der Waals surface area (Å²) in [6.07, 6.45) is 2.76. The van der Waals surface area contributed by atoms with Crippen molar-refractivity contribution in [2.75, 3.05) is 6.54 Å². The van der Waals surface area contributed by atoms with Crippen LogP contribution in [0.1, 0.15) is 42.0 Å². The molecule has 0 spiro atoms. The average molecular weight is 365 g/mol. The summed E-state index contributed by atoms with van der Waals surface area (Å²) in [5, 5.41) is 13.3. The highest BCUT2D eigenvalue weighted by atomic mass is 32.1. The van der Waals surface area contributed by atoms with Crippen LogP contribution in [0.3, 0.4) is 0 Å². The molecule has 2 atom stereocenters. The molecule has 0 amide bonds. The van der Waals surface area contributed by atoms with Crippen molar-refractivity contribution in [1.29, 1.82) is 0 Å². The monoisotopic (exact) mass is 365 g/mol. The maximum atomic E-state index is 11.9. The fourth-order valence-corrected chi connectivity index (χ4v) is 5.02. The van der Waals surface area contributed by atoms with Crippen LogP contribution in [0.4, 0.5) is 0 Å². The molecule has 2 heterocycles. The molecule has 2 unspecified atom stereocenters. The minimum absolute atomic E-state index is 0.0202. The standard InChI is InChI=1S/C22H23NO2S/c1-15-9-11-16(12-10-15)21(23-13-5-4-7-19(23)22(24)25)18-14-26-20-8-3-2-6-17(18)20/h2-3,6,8-12,14,19,21H,4-5,7,13H2,1H3,(H,24,25). The second-order valence-corrected chi connectivity index (χ2v) is 8.00.